The summed E-state index contributed by atoms with van der Waals surface area (Å²) in [6.45, 7) is 2.01. The number of aromatic nitrogens is 1. The Bertz CT molecular complexity index is 337. The van der Waals surface area contributed by atoms with E-state index in [2.05, 4.69) is 10.3 Å². The summed E-state index contributed by atoms with van der Waals surface area (Å²) in [4.78, 5) is 4.04. The summed E-state index contributed by atoms with van der Waals surface area (Å²) in [6, 6.07) is 1.78. The molecule has 1 saturated heterocycles. The zero-order chi connectivity index (χ0) is 11.4. The van der Waals surface area contributed by atoms with E-state index in [1.54, 1.807) is 18.5 Å². The van der Waals surface area contributed by atoms with Crippen molar-refractivity contribution >= 4 is 5.69 Å². The molecule has 0 aromatic carbocycles. The second-order valence-corrected chi connectivity index (χ2v) is 4.43. The van der Waals surface area contributed by atoms with Gasteiger partial charge in [-0.05, 0) is 43.5 Å². The molecule has 0 amide bonds. The first-order chi connectivity index (χ1) is 7.77. The third kappa shape index (κ3) is 2.71. The lowest BCUT2D eigenvalue weighted by molar-refractivity contribution is 0.0891. The molecule has 1 atom stereocenters. The van der Waals surface area contributed by atoms with Gasteiger partial charge in [0.1, 0.15) is 0 Å². The van der Waals surface area contributed by atoms with Crippen molar-refractivity contribution in [2.45, 2.75) is 25.4 Å². The highest BCUT2D eigenvalue weighted by molar-refractivity contribution is 5.44. The molecule has 88 valence electrons. The Morgan fingerprint density at radius 2 is 2.25 bits per heavy atom. The van der Waals surface area contributed by atoms with E-state index in [0.29, 0.717) is 12.3 Å². The van der Waals surface area contributed by atoms with E-state index in [4.69, 9.17) is 5.73 Å². The fraction of sp³-hybridized carbons (Fsp3) is 0.583. The second-order valence-electron chi connectivity index (χ2n) is 4.43. The van der Waals surface area contributed by atoms with Gasteiger partial charge in [-0.15, -0.1) is 0 Å². The van der Waals surface area contributed by atoms with Crippen molar-refractivity contribution in [3.63, 3.8) is 0 Å². The summed E-state index contributed by atoms with van der Waals surface area (Å²) in [5.74, 6) is 0.390. The van der Waals surface area contributed by atoms with E-state index >= 15 is 0 Å². The number of nitrogens with one attached hydrogen (secondary N) is 1. The highest BCUT2D eigenvalue weighted by atomic mass is 16.3. The SMILES string of the molecule is Nc1ccncc1CC(O)C1CCNCC1. The number of hydrogen-bond acceptors (Lipinski definition) is 4. The van der Waals surface area contributed by atoms with Crippen LogP contribution >= 0.6 is 0 Å². The number of nitrogen functional groups attached to an aromatic ring is 1. The van der Waals surface area contributed by atoms with Crippen LogP contribution in [0.4, 0.5) is 5.69 Å². The van der Waals surface area contributed by atoms with E-state index in [-0.39, 0.29) is 6.10 Å². The van der Waals surface area contributed by atoms with Crippen LogP contribution in [-0.4, -0.2) is 29.3 Å². The van der Waals surface area contributed by atoms with Crippen LogP contribution in [0.5, 0.6) is 0 Å². The zero-order valence-electron chi connectivity index (χ0n) is 9.39. The molecule has 1 aromatic heterocycles. The fourth-order valence-corrected chi connectivity index (χ4v) is 2.23. The monoisotopic (exact) mass is 221 g/mol. The largest absolute Gasteiger partial charge is 0.398 e. The molecule has 2 heterocycles. The summed E-state index contributed by atoms with van der Waals surface area (Å²) in [7, 11) is 0. The number of aliphatic hydroxyl groups is 1. The molecule has 1 unspecified atom stereocenters. The van der Waals surface area contributed by atoms with Gasteiger partial charge in [-0.3, -0.25) is 4.98 Å². The van der Waals surface area contributed by atoms with Crippen LogP contribution in [0.3, 0.4) is 0 Å². The third-order valence-corrected chi connectivity index (χ3v) is 3.30. The van der Waals surface area contributed by atoms with Gasteiger partial charge in [0.15, 0.2) is 0 Å². The van der Waals surface area contributed by atoms with Crippen molar-refractivity contribution in [2.75, 3.05) is 18.8 Å². The smallest absolute Gasteiger partial charge is 0.0611 e. The molecule has 2 rings (SSSR count). The van der Waals surface area contributed by atoms with E-state index < -0.39 is 0 Å². The quantitative estimate of drug-likeness (QED) is 0.697. The van der Waals surface area contributed by atoms with Crippen LogP contribution < -0.4 is 11.1 Å². The Morgan fingerprint density at radius 1 is 1.50 bits per heavy atom. The minimum atomic E-state index is -0.298. The van der Waals surface area contributed by atoms with Gasteiger partial charge >= 0.3 is 0 Å². The average Bonchev–Trinajstić information content (AvgIpc) is 2.33. The Kier molecular flexibility index (Phi) is 3.74. The van der Waals surface area contributed by atoms with Crippen LogP contribution in [0, 0.1) is 5.92 Å². The first kappa shape index (κ1) is 11.4. The van der Waals surface area contributed by atoms with E-state index in [9.17, 15) is 5.11 Å². The standard InChI is InChI=1S/C12H19N3O/c13-11-3-6-15-8-10(11)7-12(16)9-1-4-14-5-2-9/h3,6,8-9,12,14,16H,1-2,4-5,7H2,(H2,13,15). The van der Waals surface area contributed by atoms with Gasteiger partial charge in [-0.25, -0.2) is 0 Å². The minimum absolute atomic E-state index is 0.298. The van der Waals surface area contributed by atoms with Crippen LogP contribution in [-0.2, 0) is 6.42 Å². The Balaban J connectivity index is 1.96. The van der Waals surface area contributed by atoms with Gasteiger partial charge in [0.05, 0.1) is 6.10 Å². The van der Waals surface area contributed by atoms with Crippen molar-refractivity contribution in [3.8, 4) is 0 Å². The van der Waals surface area contributed by atoms with Gasteiger partial charge in [0.25, 0.3) is 0 Å². The molecule has 1 aliphatic heterocycles. The molecule has 4 heteroatoms. The lowest BCUT2D eigenvalue weighted by atomic mass is 9.89. The lowest BCUT2D eigenvalue weighted by Gasteiger charge is -2.27. The summed E-state index contributed by atoms with van der Waals surface area (Å²) in [5, 5.41) is 13.4. The van der Waals surface area contributed by atoms with E-state index in [0.717, 1.165) is 37.2 Å². The molecule has 0 saturated carbocycles. The predicted molar refractivity (Wildman–Crippen MR) is 64.0 cm³/mol. The molecule has 0 aliphatic carbocycles. The summed E-state index contributed by atoms with van der Waals surface area (Å²) >= 11 is 0. The highest BCUT2D eigenvalue weighted by Gasteiger charge is 2.22. The molecule has 0 spiro atoms. The molecule has 0 bridgehead atoms. The fourth-order valence-electron chi connectivity index (χ4n) is 2.23. The minimum Gasteiger partial charge on any atom is -0.398 e. The molecule has 1 aromatic rings. The highest BCUT2D eigenvalue weighted by Crippen LogP contribution is 2.21. The maximum Gasteiger partial charge on any atom is 0.0611 e. The first-order valence-electron chi connectivity index (χ1n) is 5.84. The molecule has 1 aliphatic rings. The Labute approximate surface area is 95.9 Å². The number of rotatable bonds is 3. The van der Waals surface area contributed by atoms with Crippen molar-refractivity contribution < 1.29 is 5.11 Å². The summed E-state index contributed by atoms with van der Waals surface area (Å²) in [6.07, 6.45) is 5.83. The Morgan fingerprint density at radius 3 is 2.94 bits per heavy atom. The molecule has 16 heavy (non-hydrogen) atoms. The zero-order valence-corrected chi connectivity index (χ0v) is 9.39. The number of hydrogen-bond donors (Lipinski definition) is 3. The van der Waals surface area contributed by atoms with Gasteiger partial charge in [-0.1, -0.05) is 0 Å². The number of nitrogens with two attached hydrogens (primary N) is 1. The topological polar surface area (TPSA) is 71.2 Å². The van der Waals surface area contributed by atoms with Crippen LogP contribution in [0.15, 0.2) is 18.5 Å². The van der Waals surface area contributed by atoms with E-state index in [1.807, 2.05) is 0 Å². The van der Waals surface area contributed by atoms with Crippen LogP contribution in [0.1, 0.15) is 18.4 Å². The molecular formula is C12H19N3O. The van der Waals surface area contributed by atoms with E-state index in [1.165, 1.54) is 0 Å². The van der Waals surface area contributed by atoms with Gasteiger partial charge in [0.2, 0.25) is 0 Å². The number of anilines is 1. The van der Waals surface area contributed by atoms with Crippen molar-refractivity contribution in [1.29, 1.82) is 0 Å². The predicted octanol–water partition coefficient (Wildman–Crippen LogP) is 0.567. The summed E-state index contributed by atoms with van der Waals surface area (Å²) < 4.78 is 0. The normalized spacial score (nSPS) is 19.6. The van der Waals surface area contributed by atoms with Gasteiger partial charge in [0, 0.05) is 24.5 Å². The average molecular weight is 221 g/mol. The van der Waals surface area contributed by atoms with Gasteiger partial charge in [-0.2, -0.15) is 0 Å². The molecule has 1 fully saturated rings. The van der Waals surface area contributed by atoms with Crippen molar-refractivity contribution in [1.82, 2.24) is 10.3 Å². The molecule has 4 nitrogen and oxygen atoms in total. The number of nitrogens with zero attached hydrogens (tertiary/aromatic N) is 1. The van der Waals surface area contributed by atoms with Crippen LogP contribution in [0.2, 0.25) is 0 Å². The number of pyridine rings is 1. The third-order valence-electron chi connectivity index (χ3n) is 3.30. The van der Waals surface area contributed by atoms with Gasteiger partial charge < -0.3 is 16.2 Å². The van der Waals surface area contributed by atoms with Crippen molar-refractivity contribution in [2.24, 2.45) is 5.92 Å². The second kappa shape index (κ2) is 5.27. The molecular weight excluding hydrogens is 202 g/mol. The van der Waals surface area contributed by atoms with Crippen LogP contribution in [0.25, 0.3) is 0 Å². The summed E-state index contributed by atoms with van der Waals surface area (Å²) in [5.41, 5.74) is 7.51. The lowest BCUT2D eigenvalue weighted by Crippen LogP contribution is -2.35. The number of piperidine rings is 1. The maximum atomic E-state index is 10.1. The first-order valence-corrected chi connectivity index (χ1v) is 5.84. The molecule has 0 radical (unpaired) electrons. The molecule has 4 N–H and O–H groups in total. The Hall–Kier alpha value is -1.13. The maximum absolute atomic E-state index is 10.1. The van der Waals surface area contributed by atoms with Crippen molar-refractivity contribution in [3.05, 3.63) is 24.0 Å². The number of aliphatic hydroxyl groups excluding tert-OH is 1.